The highest BCUT2D eigenvalue weighted by atomic mass is 35.5. The summed E-state index contributed by atoms with van der Waals surface area (Å²) in [6.07, 6.45) is 0. The zero-order valence-corrected chi connectivity index (χ0v) is 18.9. The van der Waals surface area contributed by atoms with Crippen molar-refractivity contribution in [2.75, 3.05) is 30.7 Å². The van der Waals surface area contributed by atoms with Crippen LogP contribution in [0, 0.1) is 0 Å². The van der Waals surface area contributed by atoms with Crippen molar-refractivity contribution in [1.82, 2.24) is 14.7 Å². The molecule has 3 aromatic rings. The van der Waals surface area contributed by atoms with Crippen molar-refractivity contribution in [1.29, 1.82) is 0 Å². The van der Waals surface area contributed by atoms with Crippen LogP contribution < -0.4 is 10.9 Å². The molecule has 0 aliphatic heterocycles. The molecule has 2 N–H and O–H groups in total. The van der Waals surface area contributed by atoms with Crippen molar-refractivity contribution >= 4 is 47.7 Å². The Morgan fingerprint density at radius 2 is 1.90 bits per heavy atom. The molecule has 1 amide bonds. The Hall–Kier alpha value is -2.29. The molecule has 9 heteroatoms. The first-order chi connectivity index (χ1) is 14.5. The van der Waals surface area contributed by atoms with Crippen LogP contribution in [0.4, 0.5) is 5.82 Å². The largest absolute Gasteiger partial charge is 0.368 e. The fourth-order valence-corrected chi connectivity index (χ4v) is 4.12. The minimum absolute atomic E-state index is 0.0197. The van der Waals surface area contributed by atoms with Crippen molar-refractivity contribution in [3.8, 4) is 5.69 Å². The number of nitrogens with zero attached hydrogens (tertiary/aromatic N) is 2. The number of aromatic nitrogens is 2. The Morgan fingerprint density at radius 1 is 1.20 bits per heavy atom. The zero-order valence-electron chi connectivity index (χ0n) is 16.5. The van der Waals surface area contributed by atoms with Crippen LogP contribution in [0.25, 0.3) is 5.69 Å². The highest BCUT2D eigenvalue weighted by Gasteiger charge is 2.17. The SMILES string of the molecule is CCN(CCNc1[nH]n(-c2ccccc2)c(=O)c1Sc1ccc(Cl)cc1)C(=O)CS. The summed E-state index contributed by atoms with van der Waals surface area (Å²) in [5.41, 5.74) is 0.594. The molecular formula is C21H23ClN4O2S2. The summed E-state index contributed by atoms with van der Waals surface area (Å²) in [6.45, 7) is 3.54. The van der Waals surface area contributed by atoms with E-state index in [1.54, 1.807) is 17.0 Å². The maximum atomic E-state index is 13.1. The highest BCUT2D eigenvalue weighted by Crippen LogP contribution is 2.31. The lowest BCUT2D eigenvalue weighted by molar-refractivity contribution is -0.128. The third-order valence-electron chi connectivity index (χ3n) is 4.45. The maximum absolute atomic E-state index is 13.1. The summed E-state index contributed by atoms with van der Waals surface area (Å²) in [4.78, 5) is 28.2. The van der Waals surface area contributed by atoms with Gasteiger partial charge in [-0.2, -0.15) is 12.6 Å². The van der Waals surface area contributed by atoms with Gasteiger partial charge < -0.3 is 10.2 Å². The number of rotatable bonds is 9. The minimum atomic E-state index is -0.151. The predicted molar refractivity (Wildman–Crippen MR) is 127 cm³/mol. The summed E-state index contributed by atoms with van der Waals surface area (Å²) in [5, 5.41) is 7.08. The van der Waals surface area contributed by atoms with Crippen LogP contribution in [0.1, 0.15) is 6.92 Å². The fraction of sp³-hybridized carbons (Fsp3) is 0.238. The molecule has 0 saturated heterocycles. The van der Waals surface area contributed by atoms with E-state index in [2.05, 4.69) is 23.0 Å². The van der Waals surface area contributed by atoms with E-state index in [9.17, 15) is 9.59 Å². The number of likely N-dealkylation sites (N-methyl/N-ethyl adjacent to an activating group) is 1. The second-order valence-corrected chi connectivity index (χ2v) is 8.24. The van der Waals surface area contributed by atoms with Crippen molar-refractivity contribution in [2.24, 2.45) is 0 Å². The van der Waals surface area contributed by atoms with Crippen LogP contribution in [-0.2, 0) is 4.79 Å². The predicted octanol–water partition coefficient (Wildman–Crippen LogP) is 4.16. The number of thiol groups is 1. The number of H-pyrrole nitrogens is 1. The molecule has 30 heavy (non-hydrogen) atoms. The van der Waals surface area contributed by atoms with E-state index >= 15 is 0 Å². The van der Waals surface area contributed by atoms with Gasteiger partial charge in [0.15, 0.2) is 0 Å². The van der Waals surface area contributed by atoms with Crippen LogP contribution in [0.5, 0.6) is 0 Å². The number of anilines is 1. The molecule has 0 aliphatic rings. The summed E-state index contributed by atoms with van der Waals surface area (Å²) in [7, 11) is 0. The van der Waals surface area contributed by atoms with Crippen molar-refractivity contribution in [2.45, 2.75) is 16.7 Å². The average molecular weight is 463 g/mol. The third kappa shape index (κ3) is 5.44. The van der Waals surface area contributed by atoms with Crippen LogP contribution in [-0.4, -0.2) is 46.0 Å². The van der Waals surface area contributed by atoms with Gasteiger partial charge in [-0.15, -0.1) is 0 Å². The zero-order chi connectivity index (χ0) is 21.5. The summed E-state index contributed by atoms with van der Waals surface area (Å²) >= 11 is 11.4. The molecule has 0 aliphatic carbocycles. The molecule has 0 bridgehead atoms. The third-order valence-corrected chi connectivity index (χ3v) is 6.06. The first kappa shape index (κ1) is 22.4. The van der Waals surface area contributed by atoms with E-state index in [1.807, 2.05) is 49.4 Å². The Bertz CT molecular complexity index is 1040. The molecule has 0 saturated carbocycles. The van der Waals surface area contributed by atoms with Gasteiger partial charge in [0.05, 0.1) is 11.4 Å². The lowest BCUT2D eigenvalue weighted by Crippen LogP contribution is -2.35. The summed E-state index contributed by atoms with van der Waals surface area (Å²) in [6, 6.07) is 16.7. The number of carbonyl (C=O) groups excluding carboxylic acids is 1. The monoisotopic (exact) mass is 462 g/mol. The van der Waals surface area contributed by atoms with Crippen molar-refractivity contribution < 1.29 is 4.79 Å². The number of hydrogen-bond acceptors (Lipinski definition) is 5. The second kappa shape index (κ2) is 10.7. The summed E-state index contributed by atoms with van der Waals surface area (Å²) < 4.78 is 1.51. The molecule has 158 valence electrons. The number of benzene rings is 2. The van der Waals surface area contributed by atoms with E-state index < -0.39 is 0 Å². The highest BCUT2D eigenvalue weighted by molar-refractivity contribution is 7.99. The molecule has 0 spiro atoms. The number of nitrogens with one attached hydrogen (secondary N) is 2. The molecular weight excluding hydrogens is 440 g/mol. The van der Waals surface area contributed by atoms with E-state index in [0.717, 1.165) is 10.6 Å². The molecule has 0 radical (unpaired) electrons. The maximum Gasteiger partial charge on any atom is 0.287 e. The molecule has 1 heterocycles. The normalized spacial score (nSPS) is 10.8. The number of para-hydroxylation sites is 1. The average Bonchev–Trinajstić information content (AvgIpc) is 3.08. The van der Waals surface area contributed by atoms with E-state index in [1.165, 1.54) is 16.4 Å². The van der Waals surface area contributed by atoms with Crippen LogP contribution in [0.15, 0.2) is 69.2 Å². The van der Waals surface area contributed by atoms with Crippen molar-refractivity contribution in [3.05, 3.63) is 70.0 Å². The molecule has 0 atom stereocenters. The lowest BCUT2D eigenvalue weighted by atomic mass is 10.3. The Morgan fingerprint density at radius 3 is 2.53 bits per heavy atom. The molecule has 2 aromatic carbocycles. The lowest BCUT2D eigenvalue weighted by Gasteiger charge is -2.20. The number of aromatic amines is 1. The smallest absolute Gasteiger partial charge is 0.287 e. The second-order valence-electron chi connectivity index (χ2n) is 6.41. The van der Waals surface area contributed by atoms with Gasteiger partial charge in [-0.3, -0.25) is 14.7 Å². The van der Waals surface area contributed by atoms with Crippen molar-refractivity contribution in [3.63, 3.8) is 0 Å². The molecule has 1 aromatic heterocycles. The first-order valence-corrected chi connectivity index (χ1v) is 11.3. The van der Waals surface area contributed by atoms with E-state index in [-0.39, 0.29) is 17.2 Å². The quantitative estimate of drug-likeness (QED) is 0.417. The van der Waals surface area contributed by atoms with Gasteiger partial charge in [0.1, 0.15) is 10.7 Å². The minimum Gasteiger partial charge on any atom is -0.368 e. The Labute approximate surface area is 190 Å². The van der Waals surface area contributed by atoms with Gasteiger partial charge in [-0.25, -0.2) is 4.68 Å². The van der Waals surface area contributed by atoms with Crippen LogP contribution in [0.2, 0.25) is 5.02 Å². The molecule has 0 fully saturated rings. The van der Waals surface area contributed by atoms with Gasteiger partial charge in [0.25, 0.3) is 5.56 Å². The number of halogens is 1. The topological polar surface area (TPSA) is 70.1 Å². The Balaban J connectivity index is 1.87. The van der Waals surface area contributed by atoms with Gasteiger partial charge in [0.2, 0.25) is 5.91 Å². The first-order valence-electron chi connectivity index (χ1n) is 9.49. The fourth-order valence-electron chi connectivity index (χ4n) is 2.89. The Kier molecular flexibility index (Phi) is 7.95. The van der Waals surface area contributed by atoms with E-state index in [4.69, 9.17) is 11.6 Å². The molecule has 6 nitrogen and oxygen atoms in total. The van der Waals surface area contributed by atoms with Gasteiger partial charge in [-0.05, 0) is 43.3 Å². The number of amides is 1. The van der Waals surface area contributed by atoms with E-state index in [0.29, 0.717) is 35.4 Å². The summed E-state index contributed by atoms with van der Waals surface area (Å²) in [5.74, 6) is 0.763. The number of carbonyl (C=O) groups is 1. The van der Waals surface area contributed by atoms with Crippen LogP contribution in [0.3, 0.4) is 0 Å². The number of hydrogen-bond donors (Lipinski definition) is 3. The van der Waals surface area contributed by atoms with Gasteiger partial charge in [-0.1, -0.05) is 41.6 Å². The molecule has 3 rings (SSSR count). The molecule has 0 unspecified atom stereocenters. The van der Waals surface area contributed by atoms with Crippen LogP contribution >= 0.6 is 36.0 Å². The van der Waals surface area contributed by atoms with Gasteiger partial charge in [0, 0.05) is 29.6 Å². The van der Waals surface area contributed by atoms with Gasteiger partial charge >= 0.3 is 0 Å². The standard InChI is InChI=1S/C21H23ClN4O2S2/c1-2-25(18(27)14-29)13-12-23-20-19(30-17-10-8-15(22)9-11-17)21(28)26(24-20)16-6-4-3-5-7-16/h3-11,23-24,29H,2,12-14H2,1H3.